The van der Waals surface area contributed by atoms with Crippen LogP contribution in [0.5, 0.6) is 11.5 Å². The maximum Gasteiger partial charge on any atom is 0.219 e. The number of rotatable bonds is 2. The van der Waals surface area contributed by atoms with E-state index in [0.717, 1.165) is 35.4 Å². The number of amides is 1. The third kappa shape index (κ3) is 4.64. The average Bonchev–Trinajstić information content (AvgIpc) is 2.74. The molecule has 1 spiro atoms. The largest absolute Gasteiger partial charge is 0.508 e. The van der Waals surface area contributed by atoms with E-state index in [0.29, 0.717) is 30.4 Å². The minimum atomic E-state index is -0.429. The first kappa shape index (κ1) is 21.1. The fourth-order valence-electron chi connectivity index (χ4n) is 4.09. The van der Waals surface area contributed by atoms with Crippen molar-refractivity contribution in [2.24, 2.45) is 5.10 Å². The second-order valence-corrected chi connectivity index (χ2v) is 8.50. The van der Waals surface area contributed by atoms with Gasteiger partial charge in [-0.25, -0.2) is 0 Å². The van der Waals surface area contributed by atoms with Crippen molar-refractivity contribution in [3.63, 3.8) is 0 Å². The summed E-state index contributed by atoms with van der Waals surface area (Å²) in [4.78, 5) is 13.6. The van der Waals surface area contributed by atoms with Crippen molar-refractivity contribution in [2.45, 2.75) is 38.7 Å². The molecular weight excluding hydrogens is 412 g/mol. The monoisotopic (exact) mass is 438 g/mol. The van der Waals surface area contributed by atoms with Crippen LogP contribution in [0.25, 0.3) is 0 Å². The summed E-state index contributed by atoms with van der Waals surface area (Å²) < 4.78 is 6.39. The van der Waals surface area contributed by atoms with E-state index in [2.05, 4.69) is 15.8 Å². The standard InChI is InChI=1S/C23H26N4O3S/c1-15-5-3-4-6-19(15)24-22(31)26-25-20-14-23(9-11-27(12-10-23)16(2)28)30-21-8-7-17(29)13-18(20)21/h3-8,13,29H,9-12,14H2,1-2H3,(H2,24,26,31)/b25-20+. The predicted octanol–water partition coefficient (Wildman–Crippen LogP) is 3.55. The number of ether oxygens (including phenoxy) is 1. The molecule has 3 N–H and O–H groups in total. The normalized spacial score (nSPS) is 18.3. The molecule has 31 heavy (non-hydrogen) atoms. The van der Waals surface area contributed by atoms with Crippen LogP contribution in [-0.4, -0.2) is 45.4 Å². The minimum Gasteiger partial charge on any atom is -0.508 e. The van der Waals surface area contributed by atoms with Gasteiger partial charge in [0, 0.05) is 50.5 Å². The molecule has 2 aromatic rings. The molecule has 1 amide bonds. The summed E-state index contributed by atoms with van der Waals surface area (Å²) in [6.45, 7) is 4.90. The van der Waals surface area contributed by atoms with Gasteiger partial charge in [0.05, 0.1) is 5.71 Å². The maximum atomic E-state index is 11.7. The van der Waals surface area contributed by atoms with Gasteiger partial charge in [-0.1, -0.05) is 18.2 Å². The van der Waals surface area contributed by atoms with E-state index in [-0.39, 0.29) is 11.7 Å². The zero-order valence-electron chi connectivity index (χ0n) is 17.6. The number of carbonyl (C=O) groups excluding carboxylic acids is 1. The molecule has 0 unspecified atom stereocenters. The Morgan fingerprint density at radius 3 is 2.68 bits per heavy atom. The number of hydrazone groups is 1. The molecule has 8 heteroatoms. The molecule has 7 nitrogen and oxygen atoms in total. The van der Waals surface area contributed by atoms with Crippen LogP contribution in [0.2, 0.25) is 0 Å². The van der Waals surface area contributed by atoms with Gasteiger partial charge in [0.25, 0.3) is 0 Å². The van der Waals surface area contributed by atoms with Crippen molar-refractivity contribution >= 4 is 34.6 Å². The molecule has 1 saturated heterocycles. The number of nitrogens with one attached hydrogen (secondary N) is 2. The molecule has 2 aliphatic rings. The molecule has 2 aromatic carbocycles. The number of benzene rings is 2. The van der Waals surface area contributed by atoms with Gasteiger partial charge in [0.1, 0.15) is 17.1 Å². The number of aryl methyl sites for hydroxylation is 1. The number of anilines is 1. The maximum absolute atomic E-state index is 11.7. The van der Waals surface area contributed by atoms with Crippen LogP contribution in [0.4, 0.5) is 5.69 Å². The first-order chi connectivity index (χ1) is 14.8. The third-order valence-corrected chi connectivity index (χ3v) is 6.09. The van der Waals surface area contributed by atoms with E-state index >= 15 is 0 Å². The summed E-state index contributed by atoms with van der Waals surface area (Å²) in [7, 11) is 0. The van der Waals surface area contributed by atoms with E-state index in [1.165, 1.54) is 0 Å². The Morgan fingerprint density at radius 2 is 1.97 bits per heavy atom. The van der Waals surface area contributed by atoms with Crippen molar-refractivity contribution < 1.29 is 14.6 Å². The smallest absolute Gasteiger partial charge is 0.219 e. The molecule has 4 rings (SSSR count). The number of para-hydroxylation sites is 1. The Labute approximate surface area is 187 Å². The fraction of sp³-hybridized carbons (Fsp3) is 0.348. The van der Waals surface area contributed by atoms with Crippen molar-refractivity contribution in [1.29, 1.82) is 0 Å². The van der Waals surface area contributed by atoms with Gasteiger partial charge in [-0.2, -0.15) is 5.10 Å². The SMILES string of the molecule is CC(=O)N1CCC2(CC1)C/C(=N\NC(=S)Nc1ccccc1C)c1cc(O)ccc1O2. The van der Waals surface area contributed by atoms with Gasteiger partial charge in [0.2, 0.25) is 5.91 Å². The lowest BCUT2D eigenvalue weighted by molar-refractivity contribution is -0.132. The molecule has 0 aromatic heterocycles. The summed E-state index contributed by atoms with van der Waals surface area (Å²) >= 11 is 5.43. The van der Waals surface area contributed by atoms with Gasteiger partial charge in [-0.05, 0) is 49.0 Å². The van der Waals surface area contributed by atoms with Crippen LogP contribution in [0.1, 0.15) is 37.3 Å². The summed E-state index contributed by atoms with van der Waals surface area (Å²) in [5.41, 5.74) is 6.02. The summed E-state index contributed by atoms with van der Waals surface area (Å²) in [5.74, 6) is 0.913. The highest BCUT2D eigenvalue weighted by Crippen LogP contribution is 2.40. The average molecular weight is 439 g/mol. The Balaban J connectivity index is 1.55. The molecular formula is C23H26N4O3S. The van der Waals surface area contributed by atoms with Gasteiger partial charge in [-0.15, -0.1) is 0 Å². The zero-order chi connectivity index (χ0) is 22.0. The quantitative estimate of drug-likeness (QED) is 0.491. The number of likely N-dealkylation sites (tertiary alicyclic amines) is 1. The molecule has 0 bridgehead atoms. The van der Waals surface area contributed by atoms with Crippen LogP contribution in [0, 0.1) is 6.92 Å². The summed E-state index contributed by atoms with van der Waals surface area (Å²) in [6, 6.07) is 12.9. The summed E-state index contributed by atoms with van der Waals surface area (Å²) in [5, 5.41) is 18.1. The summed E-state index contributed by atoms with van der Waals surface area (Å²) in [6.07, 6.45) is 2.00. The number of phenols is 1. The number of fused-ring (bicyclic) bond motifs is 1. The number of hydrogen-bond acceptors (Lipinski definition) is 5. The highest BCUT2D eigenvalue weighted by molar-refractivity contribution is 7.80. The van der Waals surface area contributed by atoms with Gasteiger partial charge < -0.3 is 20.1 Å². The molecule has 162 valence electrons. The third-order valence-electron chi connectivity index (χ3n) is 5.90. The molecule has 0 saturated carbocycles. The van der Waals surface area contributed by atoms with Crippen molar-refractivity contribution in [1.82, 2.24) is 10.3 Å². The Kier molecular flexibility index (Phi) is 5.82. The van der Waals surface area contributed by atoms with E-state index in [1.54, 1.807) is 25.1 Å². The zero-order valence-corrected chi connectivity index (χ0v) is 18.5. The van der Waals surface area contributed by atoms with Crippen molar-refractivity contribution in [3.8, 4) is 11.5 Å². The number of aromatic hydroxyl groups is 1. The Hall–Kier alpha value is -3.13. The molecule has 1 fully saturated rings. The predicted molar refractivity (Wildman–Crippen MR) is 125 cm³/mol. The van der Waals surface area contributed by atoms with E-state index in [9.17, 15) is 9.90 Å². The number of nitrogens with zero attached hydrogens (tertiary/aromatic N) is 2. The second-order valence-electron chi connectivity index (χ2n) is 8.09. The Morgan fingerprint density at radius 1 is 1.23 bits per heavy atom. The van der Waals surface area contributed by atoms with Crippen molar-refractivity contribution in [3.05, 3.63) is 53.6 Å². The van der Waals surface area contributed by atoms with E-state index < -0.39 is 5.60 Å². The number of hydrogen-bond donors (Lipinski definition) is 3. The molecule has 2 heterocycles. The van der Waals surface area contributed by atoms with Crippen LogP contribution in [0.3, 0.4) is 0 Å². The molecule has 0 aliphatic carbocycles. The first-order valence-corrected chi connectivity index (χ1v) is 10.7. The van der Waals surface area contributed by atoms with E-state index in [4.69, 9.17) is 17.0 Å². The number of thiocarbonyl (C=S) groups is 1. The van der Waals surface area contributed by atoms with Crippen LogP contribution < -0.4 is 15.5 Å². The van der Waals surface area contributed by atoms with Crippen molar-refractivity contribution in [2.75, 3.05) is 18.4 Å². The molecule has 0 radical (unpaired) electrons. The highest BCUT2D eigenvalue weighted by Gasteiger charge is 2.42. The molecule has 2 aliphatic heterocycles. The van der Waals surface area contributed by atoms with Crippen LogP contribution in [-0.2, 0) is 4.79 Å². The lowest BCUT2D eigenvalue weighted by Crippen LogP contribution is -2.52. The number of phenolic OH excluding ortho intramolecular Hbond substituents is 1. The fourth-order valence-corrected chi connectivity index (χ4v) is 4.25. The lowest BCUT2D eigenvalue weighted by Gasteiger charge is -2.44. The highest BCUT2D eigenvalue weighted by atomic mass is 32.1. The topological polar surface area (TPSA) is 86.2 Å². The number of carbonyl (C=O) groups is 1. The minimum absolute atomic E-state index is 0.0826. The van der Waals surface area contributed by atoms with E-state index in [1.807, 2.05) is 36.1 Å². The van der Waals surface area contributed by atoms with Gasteiger partial charge in [-0.3, -0.25) is 10.2 Å². The second kappa shape index (κ2) is 8.55. The van der Waals surface area contributed by atoms with Gasteiger partial charge >= 0.3 is 0 Å². The van der Waals surface area contributed by atoms with Gasteiger partial charge in [0.15, 0.2) is 5.11 Å². The van der Waals surface area contributed by atoms with Crippen LogP contribution >= 0.6 is 12.2 Å². The Bertz CT molecular complexity index is 1040. The number of piperidine rings is 1. The molecule has 0 atom stereocenters. The van der Waals surface area contributed by atoms with Crippen LogP contribution in [0.15, 0.2) is 47.6 Å². The first-order valence-electron chi connectivity index (χ1n) is 10.3. The lowest BCUT2D eigenvalue weighted by atomic mass is 9.82.